The van der Waals surface area contributed by atoms with Gasteiger partial charge in [0.2, 0.25) is 0 Å². The molecule has 0 aromatic heterocycles. The third-order valence-electron chi connectivity index (χ3n) is 5.49. The van der Waals surface area contributed by atoms with Crippen LogP contribution in [0.1, 0.15) is 27.2 Å². The van der Waals surface area contributed by atoms with Crippen LogP contribution < -0.4 is 15.0 Å². The lowest BCUT2D eigenvalue weighted by Gasteiger charge is -2.36. The Hall–Kier alpha value is -2.06. The summed E-state index contributed by atoms with van der Waals surface area (Å²) < 4.78 is 17.0. The molecule has 2 amide bonds. The lowest BCUT2D eigenvalue weighted by atomic mass is 10.2. The summed E-state index contributed by atoms with van der Waals surface area (Å²) in [5, 5.41) is 2.91. The van der Waals surface area contributed by atoms with E-state index < -0.39 is 8.32 Å². The number of carbonyl (C=O) groups is 2. The zero-order chi connectivity index (χ0) is 19.8. The third kappa shape index (κ3) is 4.27. The monoisotopic (exact) mass is 392 g/mol. The molecule has 0 aliphatic carbocycles. The van der Waals surface area contributed by atoms with E-state index in [4.69, 9.17) is 13.9 Å². The fraction of sp³-hybridized carbons (Fsp3) is 0.579. The van der Waals surface area contributed by atoms with Crippen molar-refractivity contribution < 1.29 is 23.5 Å². The highest BCUT2D eigenvalue weighted by Gasteiger charge is 2.38. The smallest absolute Gasteiger partial charge is 0.414 e. The fourth-order valence-corrected chi connectivity index (χ4v) is 3.84. The number of hydrogen-bond acceptors (Lipinski definition) is 5. The largest absolute Gasteiger partial charge is 0.482 e. The summed E-state index contributed by atoms with van der Waals surface area (Å²) in [6.45, 7) is 12.1. The summed E-state index contributed by atoms with van der Waals surface area (Å²) in [5.41, 5.74) is 1.25. The van der Waals surface area contributed by atoms with Crippen molar-refractivity contribution in [2.24, 2.45) is 0 Å². The van der Waals surface area contributed by atoms with Gasteiger partial charge in [0, 0.05) is 18.7 Å². The van der Waals surface area contributed by atoms with Gasteiger partial charge in [-0.05, 0) is 36.3 Å². The molecule has 0 spiro atoms. The molecule has 2 heterocycles. The van der Waals surface area contributed by atoms with Crippen molar-refractivity contribution in [1.29, 1.82) is 0 Å². The third-order valence-corrected chi connectivity index (χ3v) is 10.0. The summed E-state index contributed by atoms with van der Waals surface area (Å²) in [4.78, 5) is 25.4. The minimum Gasteiger partial charge on any atom is -0.482 e. The molecule has 8 heteroatoms. The van der Waals surface area contributed by atoms with Gasteiger partial charge in [-0.25, -0.2) is 4.79 Å². The molecule has 1 saturated heterocycles. The molecule has 1 atom stereocenters. The molecule has 0 saturated carbocycles. The van der Waals surface area contributed by atoms with Gasteiger partial charge in [0.1, 0.15) is 11.9 Å². The predicted octanol–water partition coefficient (Wildman–Crippen LogP) is 3.75. The van der Waals surface area contributed by atoms with Gasteiger partial charge in [0.15, 0.2) is 14.9 Å². The van der Waals surface area contributed by atoms with Crippen LogP contribution in [0.15, 0.2) is 18.2 Å². The van der Waals surface area contributed by atoms with Crippen LogP contribution in [0.3, 0.4) is 0 Å². The standard InChI is InChI=1S/C19H28N2O5Si/c1-19(2,3)27(4,5)25-9-8-14-11-21(18(23)26-14)13-6-7-16-15(10-13)20-17(22)12-24-16/h6-7,10,14H,8-9,11-12H2,1-5H3,(H,20,22). The van der Waals surface area contributed by atoms with Crippen molar-refractivity contribution >= 4 is 31.7 Å². The van der Waals surface area contributed by atoms with E-state index in [-0.39, 0.29) is 29.7 Å². The van der Waals surface area contributed by atoms with Crippen molar-refractivity contribution in [3.05, 3.63) is 18.2 Å². The van der Waals surface area contributed by atoms with E-state index in [9.17, 15) is 9.59 Å². The van der Waals surface area contributed by atoms with Crippen LogP contribution in [0.4, 0.5) is 16.2 Å². The van der Waals surface area contributed by atoms with E-state index in [1.54, 1.807) is 23.1 Å². The molecule has 1 fully saturated rings. The first-order chi connectivity index (χ1) is 12.6. The van der Waals surface area contributed by atoms with Crippen molar-refractivity contribution in [3.8, 4) is 5.75 Å². The highest BCUT2D eigenvalue weighted by atomic mass is 28.4. The Bertz CT molecular complexity index is 744. The highest BCUT2D eigenvalue weighted by molar-refractivity contribution is 6.74. The van der Waals surface area contributed by atoms with E-state index in [0.717, 1.165) is 0 Å². The lowest BCUT2D eigenvalue weighted by molar-refractivity contribution is -0.118. The lowest BCUT2D eigenvalue weighted by Crippen LogP contribution is -2.41. The number of fused-ring (bicyclic) bond motifs is 1. The Morgan fingerprint density at radius 2 is 2.04 bits per heavy atom. The molecule has 1 aromatic carbocycles. The summed E-state index contributed by atoms with van der Waals surface area (Å²) in [5.74, 6) is 0.398. The molecule has 7 nitrogen and oxygen atoms in total. The van der Waals surface area contributed by atoms with Gasteiger partial charge in [-0.2, -0.15) is 0 Å². The predicted molar refractivity (Wildman–Crippen MR) is 106 cm³/mol. The van der Waals surface area contributed by atoms with Crippen LogP contribution in [0.5, 0.6) is 5.75 Å². The molecule has 1 aromatic rings. The number of rotatable bonds is 5. The number of cyclic esters (lactones) is 1. The minimum absolute atomic E-state index is 0.00834. The van der Waals surface area contributed by atoms with Gasteiger partial charge >= 0.3 is 6.09 Å². The first-order valence-corrected chi connectivity index (χ1v) is 12.2. The SMILES string of the molecule is CC(C)(C)[Si](C)(C)OCCC1CN(c2ccc3c(c2)NC(=O)CO3)C(=O)O1. The first-order valence-electron chi connectivity index (χ1n) is 9.26. The Balaban J connectivity index is 1.60. The molecule has 3 rings (SSSR count). The Morgan fingerprint density at radius 3 is 2.74 bits per heavy atom. The molecule has 0 radical (unpaired) electrons. The molecule has 1 unspecified atom stereocenters. The molecule has 0 bridgehead atoms. The fourth-order valence-electron chi connectivity index (χ4n) is 2.78. The van der Waals surface area contributed by atoms with Crippen LogP contribution in [-0.2, 0) is 14.0 Å². The average Bonchev–Trinajstić information content (AvgIpc) is 2.93. The summed E-state index contributed by atoms with van der Waals surface area (Å²) >= 11 is 0. The molecule has 148 valence electrons. The van der Waals surface area contributed by atoms with E-state index in [2.05, 4.69) is 39.2 Å². The number of anilines is 2. The Labute approximate surface area is 161 Å². The Morgan fingerprint density at radius 1 is 1.30 bits per heavy atom. The van der Waals surface area contributed by atoms with Crippen LogP contribution >= 0.6 is 0 Å². The molecule has 2 aliphatic heterocycles. The minimum atomic E-state index is -1.81. The van der Waals surface area contributed by atoms with Gasteiger partial charge < -0.3 is 19.2 Å². The van der Waals surface area contributed by atoms with Crippen LogP contribution in [-0.4, -0.2) is 46.2 Å². The van der Waals surface area contributed by atoms with E-state index in [1.165, 1.54) is 0 Å². The van der Waals surface area contributed by atoms with E-state index >= 15 is 0 Å². The Kier molecular flexibility index (Phi) is 5.22. The van der Waals surface area contributed by atoms with Gasteiger partial charge in [-0.3, -0.25) is 9.69 Å². The van der Waals surface area contributed by atoms with Gasteiger partial charge in [0.25, 0.3) is 5.91 Å². The molecule has 27 heavy (non-hydrogen) atoms. The number of ether oxygens (including phenoxy) is 2. The second-order valence-electron chi connectivity index (χ2n) is 8.53. The number of hydrogen-bond donors (Lipinski definition) is 1. The second-order valence-corrected chi connectivity index (χ2v) is 13.3. The van der Waals surface area contributed by atoms with Crippen LogP contribution in [0, 0.1) is 0 Å². The van der Waals surface area contributed by atoms with Gasteiger partial charge in [-0.1, -0.05) is 20.8 Å². The van der Waals surface area contributed by atoms with Crippen LogP contribution in [0.2, 0.25) is 18.1 Å². The maximum Gasteiger partial charge on any atom is 0.414 e. The van der Waals surface area contributed by atoms with Crippen molar-refractivity contribution in [2.45, 2.75) is 51.4 Å². The van der Waals surface area contributed by atoms with Crippen molar-refractivity contribution in [2.75, 3.05) is 30.0 Å². The topological polar surface area (TPSA) is 77.1 Å². The maximum absolute atomic E-state index is 12.3. The number of amides is 2. The second kappa shape index (κ2) is 7.16. The summed E-state index contributed by atoms with van der Waals surface area (Å²) in [6, 6.07) is 5.29. The quantitative estimate of drug-likeness (QED) is 0.772. The van der Waals surface area contributed by atoms with E-state index in [0.29, 0.717) is 36.7 Å². The number of nitrogens with zero attached hydrogens (tertiary/aromatic N) is 1. The molecule has 1 N–H and O–H groups in total. The van der Waals surface area contributed by atoms with Gasteiger partial charge in [-0.15, -0.1) is 0 Å². The average molecular weight is 393 g/mol. The zero-order valence-electron chi connectivity index (χ0n) is 16.6. The first kappa shape index (κ1) is 19.7. The molecular formula is C19H28N2O5Si. The molecule has 2 aliphatic rings. The van der Waals surface area contributed by atoms with E-state index in [1.807, 2.05) is 0 Å². The number of carbonyl (C=O) groups excluding carboxylic acids is 2. The van der Waals surface area contributed by atoms with Crippen molar-refractivity contribution in [1.82, 2.24) is 0 Å². The summed E-state index contributed by atoms with van der Waals surface area (Å²) in [6.07, 6.45) is 0.0824. The van der Waals surface area contributed by atoms with Crippen molar-refractivity contribution in [3.63, 3.8) is 0 Å². The van der Waals surface area contributed by atoms with Gasteiger partial charge in [0.05, 0.1) is 12.2 Å². The molecular weight excluding hydrogens is 364 g/mol. The highest BCUT2D eigenvalue weighted by Crippen LogP contribution is 2.37. The number of benzene rings is 1. The zero-order valence-corrected chi connectivity index (χ0v) is 17.6. The maximum atomic E-state index is 12.3. The van der Waals surface area contributed by atoms with Crippen LogP contribution in [0.25, 0.3) is 0 Å². The number of nitrogens with one attached hydrogen (secondary N) is 1. The normalized spacial score (nSPS) is 20.0. The summed E-state index contributed by atoms with van der Waals surface area (Å²) in [7, 11) is -1.81.